The first kappa shape index (κ1) is 38.1. The molecule has 7 heteroatoms. The fraction of sp³-hybridized carbons (Fsp3) is 0.373. The minimum absolute atomic E-state index is 0.0314. The Bertz CT molecular complexity index is 2350. The van der Waals surface area contributed by atoms with Gasteiger partial charge in [0.15, 0.2) is 5.60 Å². The minimum Gasteiger partial charge on any atom is -0.490 e. The van der Waals surface area contributed by atoms with Crippen molar-refractivity contribution in [1.82, 2.24) is 0 Å². The monoisotopic (exact) mass is 775 g/mol. The molecule has 4 aliphatic rings. The van der Waals surface area contributed by atoms with E-state index < -0.39 is 11.6 Å². The second-order valence-electron chi connectivity index (χ2n) is 16.5. The van der Waals surface area contributed by atoms with E-state index in [1.165, 1.54) is 83.5 Å². The van der Waals surface area contributed by atoms with Gasteiger partial charge >= 0.3 is 5.97 Å². The fourth-order valence-electron chi connectivity index (χ4n) is 10.00. The molecule has 2 aliphatic heterocycles. The lowest BCUT2D eigenvalue weighted by atomic mass is 9.67. The zero-order valence-electron chi connectivity index (χ0n) is 33.8. The van der Waals surface area contributed by atoms with Crippen LogP contribution in [0.2, 0.25) is 0 Å². The number of carbonyl (C=O) groups excluding carboxylic acids is 2. The number of hydrogen-bond donors (Lipinski definition) is 0. The number of fused-ring (bicyclic) bond motifs is 10. The van der Waals surface area contributed by atoms with Crippen LogP contribution in [-0.4, -0.2) is 51.3 Å². The third kappa shape index (κ3) is 6.97. The molecule has 0 aromatic heterocycles. The number of rotatable bonds is 10. The molecule has 7 nitrogen and oxygen atoms in total. The Morgan fingerprint density at radius 2 is 1.48 bits per heavy atom. The summed E-state index contributed by atoms with van der Waals surface area (Å²) in [6, 6.07) is 33.1. The molecule has 1 saturated heterocycles. The summed E-state index contributed by atoms with van der Waals surface area (Å²) < 4.78 is 24.7. The molecule has 1 unspecified atom stereocenters. The van der Waals surface area contributed by atoms with E-state index in [1.807, 2.05) is 12.1 Å². The molecule has 1 atom stereocenters. The number of anilines is 1. The Morgan fingerprint density at radius 1 is 0.776 bits per heavy atom. The van der Waals surface area contributed by atoms with Gasteiger partial charge in [0.1, 0.15) is 30.5 Å². The van der Waals surface area contributed by atoms with Gasteiger partial charge < -0.3 is 28.6 Å². The minimum atomic E-state index is -0.925. The summed E-state index contributed by atoms with van der Waals surface area (Å²) in [7, 11) is 0. The van der Waals surface area contributed by atoms with Crippen LogP contribution >= 0.6 is 0 Å². The fourth-order valence-corrected chi connectivity index (χ4v) is 10.00. The van der Waals surface area contributed by atoms with Crippen molar-refractivity contribution in [3.8, 4) is 22.6 Å². The molecular weight excluding hydrogens is 723 g/mol. The first-order valence-electron chi connectivity index (χ1n) is 21.3. The third-order valence-corrected chi connectivity index (χ3v) is 12.9. The van der Waals surface area contributed by atoms with E-state index >= 15 is 0 Å². The Balaban J connectivity index is 1.14. The Labute approximate surface area is 342 Å². The predicted molar refractivity (Wildman–Crippen MR) is 230 cm³/mol. The number of ketones is 1. The van der Waals surface area contributed by atoms with Crippen molar-refractivity contribution in [1.29, 1.82) is 0 Å². The molecule has 58 heavy (non-hydrogen) atoms. The lowest BCUT2D eigenvalue weighted by Gasteiger charge is -2.40. The molecule has 2 aliphatic carbocycles. The summed E-state index contributed by atoms with van der Waals surface area (Å²) in [6.07, 6.45) is 13.5. The summed E-state index contributed by atoms with van der Waals surface area (Å²) in [5, 5.41) is 2.39. The van der Waals surface area contributed by atoms with Crippen LogP contribution in [-0.2, 0) is 30.1 Å². The van der Waals surface area contributed by atoms with Crippen LogP contribution in [0.5, 0.6) is 11.5 Å². The molecule has 5 aromatic carbocycles. The maximum Gasteiger partial charge on any atom is 0.306 e. The van der Waals surface area contributed by atoms with Crippen LogP contribution in [0.25, 0.3) is 28.0 Å². The summed E-state index contributed by atoms with van der Waals surface area (Å²) >= 11 is 0. The third-order valence-electron chi connectivity index (χ3n) is 12.9. The molecule has 0 N–H and O–H groups in total. The van der Waals surface area contributed by atoms with Gasteiger partial charge in [-0.3, -0.25) is 4.79 Å². The normalized spacial score (nSPS) is 19.4. The molecule has 0 radical (unpaired) electrons. The van der Waals surface area contributed by atoms with Gasteiger partial charge in [-0.15, -0.1) is 0 Å². The summed E-state index contributed by atoms with van der Waals surface area (Å²) in [6.45, 7) is 7.17. The Hall–Kier alpha value is -5.40. The lowest BCUT2D eigenvalue weighted by molar-refractivity contribution is -0.145. The molecule has 2 heterocycles. The second kappa shape index (κ2) is 16.1. The number of carbonyl (C=O) groups is 2. The first-order chi connectivity index (χ1) is 28.4. The number of Topliss-reactive ketones (excluding diaryl/α,β-unsaturated/α-hetero) is 1. The average Bonchev–Trinajstić information content (AvgIpc) is 3.54. The van der Waals surface area contributed by atoms with Crippen molar-refractivity contribution in [3.05, 3.63) is 130 Å². The van der Waals surface area contributed by atoms with Crippen LogP contribution < -0.4 is 14.4 Å². The summed E-state index contributed by atoms with van der Waals surface area (Å²) in [4.78, 5) is 25.7. The van der Waals surface area contributed by atoms with E-state index in [-0.39, 0.29) is 37.3 Å². The lowest BCUT2D eigenvalue weighted by Crippen LogP contribution is -2.37. The highest BCUT2D eigenvalue weighted by Crippen LogP contribution is 2.61. The highest BCUT2D eigenvalue weighted by atomic mass is 16.6. The van der Waals surface area contributed by atoms with E-state index in [0.717, 1.165) is 61.4 Å². The topological polar surface area (TPSA) is 74.3 Å². The maximum atomic E-state index is 12.0. The van der Waals surface area contributed by atoms with Crippen molar-refractivity contribution in [2.75, 3.05) is 44.4 Å². The van der Waals surface area contributed by atoms with E-state index in [4.69, 9.17) is 18.9 Å². The van der Waals surface area contributed by atoms with Crippen LogP contribution in [0.1, 0.15) is 98.1 Å². The first-order valence-corrected chi connectivity index (χ1v) is 21.3. The van der Waals surface area contributed by atoms with Crippen molar-refractivity contribution >= 4 is 34.3 Å². The van der Waals surface area contributed by atoms with Gasteiger partial charge in [-0.05, 0) is 90.7 Å². The van der Waals surface area contributed by atoms with Gasteiger partial charge in [-0.25, -0.2) is 0 Å². The highest BCUT2D eigenvalue weighted by molar-refractivity contribution is 6.08. The molecular formula is C51H53NO6. The summed E-state index contributed by atoms with van der Waals surface area (Å²) in [5.41, 5.74) is 10.3. The average molecular weight is 776 g/mol. The second-order valence-corrected chi connectivity index (χ2v) is 16.5. The quantitative estimate of drug-likeness (QED) is 0.103. The molecule has 9 rings (SSSR count). The van der Waals surface area contributed by atoms with E-state index in [1.54, 1.807) is 0 Å². The Morgan fingerprint density at radius 3 is 2.22 bits per heavy atom. The van der Waals surface area contributed by atoms with Crippen molar-refractivity contribution in [2.45, 2.75) is 82.7 Å². The predicted octanol–water partition coefficient (Wildman–Crippen LogP) is 10.6. The molecule has 5 aromatic rings. The van der Waals surface area contributed by atoms with Crippen LogP contribution in [0, 0.1) is 6.92 Å². The van der Waals surface area contributed by atoms with E-state index in [2.05, 4.69) is 103 Å². The summed E-state index contributed by atoms with van der Waals surface area (Å²) in [5.74, 6) is 1.19. The Kier molecular flexibility index (Phi) is 10.6. The number of nitrogens with zero attached hydrogens (tertiary/aromatic N) is 1. The standard InChI is InChI=1S/C51H53NO6/c1-35-12-22-41-44(34-35)49-43(48-47(41)42-10-6-7-11-45(42)50(48)25-8-4-3-5-9-26-50)24-27-51(58-49,37-14-18-39(19-15-37)52-28-30-55-31-29-52)38-16-20-40(21-17-38)56-32-33-57-46(54)23-13-36(2)53/h6-7,10-12,14-22,24,27,34H,3-5,8-9,13,23,25-26,28-33H2,1-2H3. The van der Waals surface area contributed by atoms with Crippen molar-refractivity contribution < 1.29 is 28.5 Å². The number of hydrogen-bond acceptors (Lipinski definition) is 7. The SMILES string of the molecule is CC(=O)CCC(=O)OCCOc1ccc(C2(c3ccc(N4CCOCC4)cc3)C=Cc3c4c(c5ccc(C)cc5c3O2)-c2ccccc2C42CCCCCCC2)cc1. The molecule has 0 bridgehead atoms. The highest BCUT2D eigenvalue weighted by Gasteiger charge is 2.48. The number of aryl methyl sites for hydroxylation is 1. The largest absolute Gasteiger partial charge is 0.490 e. The van der Waals surface area contributed by atoms with Crippen LogP contribution in [0.4, 0.5) is 5.69 Å². The molecule has 2 fully saturated rings. The molecule has 1 spiro atoms. The number of esters is 1. The molecule has 298 valence electrons. The smallest absolute Gasteiger partial charge is 0.306 e. The van der Waals surface area contributed by atoms with Gasteiger partial charge in [-0.1, -0.05) is 104 Å². The van der Waals surface area contributed by atoms with Gasteiger partial charge in [-0.2, -0.15) is 0 Å². The van der Waals surface area contributed by atoms with Crippen molar-refractivity contribution in [3.63, 3.8) is 0 Å². The van der Waals surface area contributed by atoms with E-state index in [9.17, 15) is 9.59 Å². The van der Waals surface area contributed by atoms with Gasteiger partial charge in [0.25, 0.3) is 0 Å². The van der Waals surface area contributed by atoms with E-state index in [0.29, 0.717) is 5.75 Å². The van der Waals surface area contributed by atoms with Crippen LogP contribution in [0.3, 0.4) is 0 Å². The molecule has 1 saturated carbocycles. The van der Waals surface area contributed by atoms with Crippen LogP contribution in [0.15, 0.2) is 97.1 Å². The number of morpholine rings is 1. The zero-order chi connectivity index (χ0) is 39.7. The maximum absolute atomic E-state index is 12.0. The van der Waals surface area contributed by atoms with Crippen molar-refractivity contribution in [2.24, 2.45) is 0 Å². The zero-order valence-corrected chi connectivity index (χ0v) is 33.8. The van der Waals surface area contributed by atoms with Gasteiger partial charge in [0.2, 0.25) is 0 Å². The van der Waals surface area contributed by atoms with Gasteiger partial charge in [0.05, 0.1) is 19.6 Å². The number of benzene rings is 5. The van der Waals surface area contributed by atoms with Gasteiger partial charge in [0, 0.05) is 52.7 Å². The number of ether oxygens (including phenoxy) is 4. The molecule has 0 amide bonds.